The second-order valence-corrected chi connectivity index (χ2v) is 18.4. The predicted molar refractivity (Wildman–Crippen MR) is 107 cm³/mol. The molecule has 3 aromatic rings. The summed E-state index contributed by atoms with van der Waals surface area (Å²) in [6, 6.07) is 26.5. The zero-order valence-electron chi connectivity index (χ0n) is 13.8. The maximum atomic E-state index is 4.35. The van der Waals surface area contributed by atoms with Gasteiger partial charge in [0.1, 0.15) is 0 Å². The fourth-order valence-electron chi connectivity index (χ4n) is 3.31. The Morgan fingerprint density at radius 2 is 0.783 bits per heavy atom. The van der Waals surface area contributed by atoms with Gasteiger partial charge in [0.25, 0.3) is 0 Å². The Labute approximate surface area is 148 Å². The number of benzene rings is 3. The van der Waals surface area contributed by atoms with E-state index in [4.69, 9.17) is 0 Å². The van der Waals surface area contributed by atoms with Crippen LogP contribution in [-0.4, -0.2) is 11.4 Å². The number of aryl methyl sites for hydroxylation is 3. The van der Waals surface area contributed by atoms with Gasteiger partial charge in [-0.2, -0.15) is 0 Å². The van der Waals surface area contributed by atoms with Gasteiger partial charge in [0.2, 0.25) is 0 Å². The number of halogens is 1. The molecule has 2 heteroatoms. The van der Waals surface area contributed by atoms with Gasteiger partial charge in [0.15, 0.2) is 0 Å². The van der Waals surface area contributed by atoms with Crippen LogP contribution >= 0.6 is 14.0 Å². The molecule has 3 rings (SSSR count). The van der Waals surface area contributed by atoms with Crippen LogP contribution in [0, 0.1) is 20.8 Å². The van der Waals surface area contributed by atoms with Gasteiger partial charge in [-0.15, -0.1) is 0 Å². The Bertz CT molecular complexity index is 728. The monoisotopic (exact) mass is 426 g/mol. The number of rotatable bonds is 3. The van der Waals surface area contributed by atoms with Gasteiger partial charge in [-0.05, 0) is 0 Å². The normalized spacial score (nSPS) is 11.5. The topological polar surface area (TPSA) is 0 Å². The van der Waals surface area contributed by atoms with Crippen LogP contribution in [0.1, 0.15) is 16.7 Å². The van der Waals surface area contributed by atoms with Crippen molar-refractivity contribution in [2.75, 3.05) is 0 Å². The van der Waals surface area contributed by atoms with Crippen molar-refractivity contribution in [2.45, 2.75) is 20.8 Å². The summed E-state index contributed by atoms with van der Waals surface area (Å²) < 4.78 is 4.45. The maximum absolute atomic E-state index is 4.35. The fourth-order valence-corrected chi connectivity index (χ4v) is 18.1. The summed E-state index contributed by atoms with van der Waals surface area (Å²) in [5.74, 6) is 0. The third-order valence-corrected chi connectivity index (χ3v) is 19.4. The van der Waals surface area contributed by atoms with E-state index in [-0.39, 0.29) is 0 Å². The summed E-state index contributed by atoms with van der Waals surface area (Å²) in [5.41, 5.74) is 4.11. The van der Waals surface area contributed by atoms with Crippen molar-refractivity contribution in [3.05, 3.63) is 89.5 Å². The van der Waals surface area contributed by atoms with E-state index in [1.165, 1.54) is 29.9 Å². The van der Waals surface area contributed by atoms with Gasteiger partial charge < -0.3 is 0 Å². The van der Waals surface area contributed by atoms with Crippen LogP contribution in [0.25, 0.3) is 0 Å². The summed E-state index contributed by atoms with van der Waals surface area (Å²) in [4.78, 5) is 0. The molecule has 0 saturated carbocycles. The molecule has 3 aromatic carbocycles. The van der Waals surface area contributed by atoms with Crippen molar-refractivity contribution in [2.24, 2.45) is 0 Å². The van der Waals surface area contributed by atoms with E-state index < -0.39 is 11.4 Å². The first-order valence-electron chi connectivity index (χ1n) is 7.92. The van der Waals surface area contributed by atoms with Crippen molar-refractivity contribution in [3.8, 4) is 0 Å². The molecule has 0 aromatic heterocycles. The molecule has 0 radical (unpaired) electrons. The van der Waals surface area contributed by atoms with Crippen LogP contribution in [0.3, 0.4) is 0 Å². The molecule has 116 valence electrons. The molecular formula is C21H21BrGe. The molecule has 0 aliphatic rings. The summed E-state index contributed by atoms with van der Waals surface area (Å²) >= 11 is 1.50. The summed E-state index contributed by atoms with van der Waals surface area (Å²) in [6.07, 6.45) is 0. The van der Waals surface area contributed by atoms with E-state index in [0.29, 0.717) is 0 Å². The van der Waals surface area contributed by atoms with Gasteiger partial charge in [-0.1, -0.05) is 0 Å². The second kappa shape index (κ2) is 6.66. The second-order valence-electron chi connectivity index (χ2n) is 6.10. The molecule has 0 bridgehead atoms. The Hall–Kier alpha value is -1.32. The van der Waals surface area contributed by atoms with Crippen molar-refractivity contribution >= 4 is 38.6 Å². The van der Waals surface area contributed by atoms with Gasteiger partial charge in [0.05, 0.1) is 0 Å². The molecule has 0 saturated heterocycles. The third-order valence-electron chi connectivity index (χ3n) is 4.55. The van der Waals surface area contributed by atoms with Gasteiger partial charge >= 0.3 is 149 Å². The fraction of sp³-hybridized carbons (Fsp3) is 0.143. The molecule has 0 heterocycles. The summed E-state index contributed by atoms with van der Waals surface area (Å²) in [6.45, 7) is 6.69. The van der Waals surface area contributed by atoms with Crippen LogP contribution in [0.2, 0.25) is 0 Å². The Balaban J connectivity index is 2.38. The zero-order valence-corrected chi connectivity index (χ0v) is 17.5. The molecular weight excluding hydrogens is 405 g/mol. The van der Waals surface area contributed by atoms with E-state index in [1.54, 1.807) is 0 Å². The van der Waals surface area contributed by atoms with Crippen molar-refractivity contribution in [3.63, 3.8) is 0 Å². The van der Waals surface area contributed by atoms with Crippen molar-refractivity contribution in [1.82, 2.24) is 0 Å². The third kappa shape index (κ3) is 2.92. The molecule has 0 N–H and O–H groups in total. The van der Waals surface area contributed by atoms with Gasteiger partial charge in [-0.3, -0.25) is 0 Å². The number of hydrogen-bond donors (Lipinski definition) is 0. The van der Waals surface area contributed by atoms with Crippen LogP contribution in [0.15, 0.2) is 72.8 Å². The average Bonchev–Trinajstić information content (AvgIpc) is 2.55. The van der Waals surface area contributed by atoms with E-state index in [9.17, 15) is 0 Å². The van der Waals surface area contributed by atoms with Gasteiger partial charge in [-0.25, -0.2) is 0 Å². The van der Waals surface area contributed by atoms with E-state index in [2.05, 4.69) is 108 Å². The van der Waals surface area contributed by atoms with E-state index in [1.807, 2.05) is 0 Å². The minimum atomic E-state index is -2.85. The predicted octanol–water partition coefficient (Wildman–Crippen LogP) is 3.97. The first-order chi connectivity index (χ1) is 11.0. The SMILES string of the molecule is Cc1cccc[c]1[Ge]([Br])([c]1ccccc1C)[c]1ccccc1C. The molecule has 0 aliphatic carbocycles. The van der Waals surface area contributed by atoms with Gasteiger partial charge in [0, 0.05) is 0 Å². The minimum absolute atomic E-state index is 1.37. The van der Waals surface area contributed by atoms with E-state index in [0.717, 1.165) is 0 Å². The van der Waals surface area contributed by atoms with Crippen LogP contribution in [-0.2, 0) is 0 Å². The molecule has 0 spiro atoms. The number of hydrogen-bond acceptors (Lipinski definition) is 0. The molecule has 0 unspecified atom stereocenters. The van der Waals surface area contributed by atoms with Crippen LogP contribution in [0.5, 0.6) is 0 Å². The molecule has 0 amide bonds. The Morgan fingerprint density at radius 1 is 0.522 bits per heavy atom. The average molecular weight is 426 g/mol. The molecule has 0 atom stereocenters. The molecule has 0 nitrogen and oxygen atoms in total. The molecule has 0 fully saturated rings. The summed E-state index contributed by atoms with van der Waals surface area (Å²) in [7, 11) is 0. The molecule has 0 aliphatic heterocycles. The Kier molecular flexibility index (Phi) is 4.79. The quantitative estimate of drug-likeness (QED) is 0.557. The van der Waals surface area contributed by atoms with Crippen LogP contribution < -0.4 is 13.2 Å². The Morgan fingerprint density at radius 3 is 1.04 bits per heavy atom. The van der Waals surface area contributed by atoms with Crippen LogP contribution in [0.4, 0.5) is 0 Å². The first-order valence-corrected chi connectivity index (χ1v) is 16.0. The molecule has 23 heavy (non-hydrogen) atoms. The zero-order chi connectivity index (χ0) is 16.4. The summed E-state index contributed by atoms with van der Waals surface area (Å²) in [5, 5.41) is 0. The standard InChI is InChI=1S/C21H21BrGe/c1-16-10-4-7-13-19(16)23(22,20-14-8-5-11-17(20)2)21-15-9-6-12-18(21)3/h4-15H,1-3H3. The van der Waals surface area contributed by atoms with Crippen molar-refractivity contribution < 1.29 is 0 Å². The first kappa shape index (κ1) is 16.5. The van der Waals surface area contributed by atoms with E-state index >= 15 is 0 Å². The van der Waals surface area contributed by atoms with Crippen molar-refractivity contribution in [1.29, 1.82) is 0 Å².